The molecule has 1 unspecified atom stereocenters. The van der Waals surface area contributed by atoms with Crippen LogP contribution in [0.5, 0.6) is 0 Å². The van der Waals surface area contributed by atoms with E-state index in [4.69, 9.17) is 4.74 Å². The predicted octanol–water partition coefficient (Wildman–Crippen LogP) is -0.446. The van der Waals surface area contributed by atoms with Crippen LogP contribution < -0.4 is 16.0 Å². The van der Waals surface area contributed by atoms with E-state index in [2.05, 4.69) is 16.0 Å². The van der Waals surface area contributed by atoms with Crippen LogP contribution in [0.3, 0.4) is 0 Å². The summed E-state index contributed by atoms with van der Waals surface area (Å²) in [6.07, 6.45) is 1.24. The van der Waals surface area contributed by atoms with Gasteiger partial charge in [-0.25, -0.2) is 0 Å². The number of nitrogens with one attached hydrogen (secondary N) is 3. The Bertz CT molecular complexity index is 870. The highest BCUT2D eigenvalue weighted by Gasteiger charge is 2.45. The Morgan fingerprint density at radius 2 is 2.00 bits per heavy atom. The van der Waals surface area contributed by atoms with Gasteiger partial charge in [-0.15, -0.1) is 0 Å². The number of amides is 4. The molecular formula is C20H24N4O5. The van der Waals surface area contributed by atoms with Crippen molar-refractivity contribution in [1.29, 1.82) is 0 Å². The van der Waals surface area contributed by atoms with Gasteiger partial charge in [-0.3, -0.25) is 29.4 Å². The molecule has 3 heterocycles. The van der Waals surface area contributed by atoms with Crippen LogP contribution in [0.1, 0.15) is 45.5 Å². The zero-order chi connectivity index (χ0) is 20.5. The number of ether oxygens (including phenoxy) is 1. The number of benzene rings is 1. The molecule has 9 nitrogen and oxygen atoms in total. The molecule has 0 aliphatic carbocycles. The minimum Gasteiger partial charge on any atom is -0.380 e. The topological polar surface area (TPSA) is 117 Å². The van der Waals surface area contributed by atoms with Crippen LogP contribution in [0.15, 0.2) is 18.2 Å². The molecule has 29 heavy (non-hydrogen) atoms. The van der Waals surface area contributed by atoms with Crippen LogP contribution in [0, 0.1) is 0 Å². The standard InChI is InChI=1S/C20H24N4O5/c1-29-13-7-12(9-21-10-13)22-8-11-3-2-4-14-17(11)20(28)24(19(14)27)15-5-6-16(25)23-18(15)26/h2-4,12-13,15,21-22H,5-10H2,1H3,(H,23,25,26)/t12-,13-,15?/m0/s1. The molecule has 3 atom stereocenters. The van der Waals surface area contributed by atoms with E-state index >= 15 is 0 Å². The molecule has 0 aromatic heterocycles. The molecule has 154 valence electrons. The summed E-state index contributed by atoms with van der Waals surface area (Å²) < 4.78 is 5.41. The van der Waals surface area contributed by atoms with Crippen molar-refractivity contribution in [3.63, 3.8) is 0 Å². The first-order valence-electron chi connectivity index (χ1n) is 9.80. The van der Waals surface area contributed by atoms with E-state index in [1.807, 2.05) is 6.07 Å². The van der Waals surface area contributed by atoms with Gasteiger partial charge in [-0.2, -0.15) is 0 Å². The molecule has 3 N–H and O–H groups in total. The van der Waals surface area contributed by atoms with Gasteiger partial charge in [0, 0.05) is 39.2 Å². The third-order valence-electron chi connectivity index (χ3n) is 5.78. The molecular weight excluding hydrogens is 376 g/mol. The average molecular weight is 400 g/mol. The Balaban J connectivity index is 1.52. The van der Waals surface area contributed by atoms with Crippen LogP contribution in [-0.4, -0.2) is 66.9 Å². The largest absolute Gasteiger partial charge is 0.380 e. The van der Waals surface area contributed by atoms with Crippen LogP contribution in [0.25, 0.3) is 0 Å². The fraction of sp³-hybridized carbons (Fsp3) is 0.500. The van der Waals surface area contributed by atoms with Crippen molar-refractivity contribution < 1.29 is 23.9 Å². The third-order valence-corrected chi connectivity index (χ3v) is 5.78. The maximum Gasteiger partial charge on any atom is 0.262 e. The van der Waals surface area contributed by atoms with Crippen molar-refractivity contribution in [2.45, 2.75) is 44.0 Å². The van der Waals surface area contributed by atoms with Crippen molar-refractivity contribution in [2.24, 2.45) is 0 Å². The van der Waals surface area contributed by atoms with Gasteiger partial charge in [0.05, 0.1) is 17.2 Å². The molecule has 3 aliphatic heterocycles. The number of hydrogen-bond acceptors (Lipinski definition) is 7. The first-order chi connectivity index (χ1) is 14.0. The lowest BCUT2D eigenvalue weighted by Gasteiger charge is -2.30. The fourth-order valence-electron chi connectivity index (χ4n) is 4.22. The second kappa shape index (κ2) is 8.02. The highest BCUT2D eigenvalue weighted by atomic mass is 16.5. The van der Waals surface area contributed by atoms with Crippen LogP contribution >= 0.6 is 0 Å². The first kappa shape index (κ1) is 19.7. The average Bonchev–Trinajstić information content (AvgIpc) is 2.98. The lowest BCUT2D eigenvalue weighted by atomic mass is 10.0. The summed E-state index contributed by atoms with van der Waals surface area (Å²) in [7, 11) is 1.69. The van der Waals surface area contributed by atoms with E-state index in [0.29, 0.717) is 17.7 Å². The van der Waals surface area contributed by atoms with E-state index in [1.54, 1.807) is 19.2 Å². The molecule has 0 bridgehead atoms. The van der Waals surface area contributed by atoms with Crippen molar-refractivity contribution in [3.05, 3.63) is 34.9 Å². The van der Waals surface area contributed by atoms with Crippen LogP contribution in [-0.2, 0) is 20.9 Å². The molecule has 4 amide bonds. The van der Waals surface area contributed by atoms with Crippen LogP contribution in [0.2, 0.25) is 0 Å². The predicted molar refractivity (Wildman–Crippen MR) is 102 cm³/mol. The highest BCUT2D eigenvalue weighted by molar-refractivity contribution is 6.24. The number of hydrogen-bond donors (Lipinski definition) is 3. The van der Waals surface area contributed by atoms with Gasteiger partial charge in [0.1, 0.15) is 6.04 Å². The first-order valence-corrected chi connectivity index (χ1v) is 9.80. The lowest BCUT2D eigenvalue weighted by molar-refractivity contribution is -0.136. The second-order valence-corrected chi connectivity index (χ2v) is 7.62. The van der Waals surface area contributed by atoms with E-state index < -0.39 is 23.8 Å². The molecule has 1 aromatic rings. The molecule has 0 saturated carbocycles. The van der Waals surface area contributed by atoms with Crippen molar-refractivity contribution in [1.82, 2.24) is 20.9 Å². The zero-order valence-electron chi connectivity index (χ0n) is 16.2. The zero-order valence-corrected chi connectivity index (χ0v) is 16.2. The minimum absolute atomic E-state index is 0.105. The molecule has 1 aromatic carbocycles. The van der Waals surface area contributed by atoms with Crippen molar-refractivity contribution in [2.75, 3.05) is 20.2 Å². The Morgan fingerprint density at radius 3 is 2.76 bits per heavy atom. The number of imide groups is 2. The molecule has 9 heteroatoms. The Morgan fingerprint density at radius 1 is 1.17 bits per heavy atom. The van der Waals surface area contributed by atoms with Crippen molar-refractivity contribution >= 4 is 23.6 Å². The maximum absolute atomic E-state index is 13.1. The summed E-state index contributed by atoms with van der Waals surface area (Å²) in [6, 6.07) is 4.39. The van der Waals surface area contributed by atoms with E-state index in [1.165, 1.54) is 0 Å². The number of methoxy groups -OCH3 is 1. The highest BCUT2D eigenvalue weighted by Crippen LogP contribution is 2.30. The summed E-state index contributed by atoms with van der Waals surface area (Å²) in [5.41, 5.74) is 1.35. The molecule has 2 fully saturated rings. The van der Waals surface area contributed by atoms with Gasteiger partial charge < -0.3 is 15.4 Å². The molecule has 3 aliphatic rings. The number of nitrogens with zero attached hydrogens (tertiary/aromatic N) is 1. The van der Waals surface area contributed by atoms with E-state index in [0.717, 1.165) is 30.0 Å². The SMILES string of the molecule is CO[C@@H]1CNC[C@@H](NCc2cccc3c2C(=O)N(C2CCC(=O)NC2=O)C3=O)C1. The monoisotopic (exact) mass is 400 g/mol. The van der Waals surface area contributed by atoms with Gasteiger partial charge in [-0.1, -0.05) is 12.1 Å². The summed E-state index contributed by atoms with van der Waals surface area (Å²) in [6.45, 7) is 2.03. The number of rotatable bonds is 5. The quantitative estimate of drug-likeness (QED) is 0.574. The normalized spacial score (nSPS) is 27.2. The summed E-state index contributed by atoms with van der Waals surface area (Å²) in [5.74, 6) is -1.95. The van der Waals surface area contributed by atoms with E-state index in [9.17, 15) is 19.2 Å². The van der Waals surface area contributed by atoms with E-state index in [-0.39, 0.29) is 30.9 Å². The molecule has 0 radical (unpaired) electrons. The van der Waals surface area contributed by atoms with Crippen LogP contribution in [0.4, 0.5) is 0 Å². The van der Waals surface area contributed by atoms with Gasteiger partial charge in [-0.05, 0) is 24.5 Å². The fourth-order valence-corrected chi connectivity index (χ4v) is 4.22. The van der Waals surface area contributed by atoms with Gasteiger partial charge in [0.25, 0.3) is 11.8 Å². The smallest absolute Gasteiger partial charge is 0.262 e. The minimum atomic E-state index is -0.953. The number of carbonyl (C=O) groups excluding carboxylic acids is 4. The molecule has 4 rings (SSSR count). The molecule has 2 saturated heterocycles. The Kier molecular flexibility index (Phi) is 5.44. The lowest BCUT2D eigenvalue weighted by Crippen LogP contribution is -2.54. The number of fused-ring (bicyclic) bond motifs is 1. The summed E-state index contributed by atoms with van der Waals surface area (Å²) in [5, 5.41) is 8.95. The van der Waals surface area contributed by atoms with Gasteiger partial charge >= 0.3 is 0 Å². The third kappa shape index (κ3) is 3.68. The summed E-state index contributed by atoms with van der Waals surface area (Å²) >= 11 is 0. The molecule has 0 spiro atoms. The van der Waals surface area contributed by atoms with Gasteiger partial charge in [0.15, 0.2) is 0 Å². The van der Waals surface area contributed by atoms with Crippen molar-refractivity contribution in [3.8, 4) is 0 Å². The Labute approximate surface area is 168 Å². The summed E-state index contributed by atoms with van der Waals surface area (Å²) in [4.78, 5) is 50.6. The second-order valence-electron chi connectivity index (χ2n) is 7.62. The number of carbonyl (C=O) groups is 4. The maximum atomic E-state index is 13.1. The Hall–Kier alpha value is -2.62. The van der Waals surface area contributed by atoms with Gasteiger partial charge in [0.2, 0.25) is 11.8 Å². The number of piperidine rings is 2.